The van der Waals surface area contributed by atoms with Crippen LogP contribution in [0.25, 0.3) is 32.3 Å². The molecule has 0 N–H and O–H groups in total. The maximum atomic E-state index is 2.34. The first-order chi connectivity index (χ1) is 9.74. The summed E-state index contributed by atoms with van der Waals surface area (Å²) < 4.78 is 0. The SMILES string of the molecule is Cc1cccc2cc3c(ccc4cccc(C)c43)cc12. The molecule has 0 spiro atoms. The van der Waals surface area contributed by atoms with E-state index in [0.717, 1.165) is 0 Å². The predicted octanol–water partition coefficient (Wildman–Crippen LogP) is 5.76. The molecule has 96 valence electrons. The van der Waals surface area contributed by atoms with Gasteiger partial charge in [0, 0.05) is 0 Å². The Morgan fingerprint density at radius 2 is 1.15 bits per heavy atom. The van der Waals surface area contributed by atoms with Crippen molar-refractivity contribution >= 4 is 32.3 Å². The van der Waals surface area contributed by atoms with Crippen molar-refractivity contribution in [2.24, 2.45) is 0 Å². The number of fused-ring (bicyclic) bond motifs is 4. The Balaban J connectivity index is 2.28. The summed E-state index contributed by atoms with van der Waals surface area (Å²) in [6, 6.07) is 22.2. The second-order valence-corrected chi connectivity index (χ2v) is 5.61. The van der Waals surface area contributed by atoms with Gasteiger partial charge in [0.1, 0.15) is 0 Å². The fourth-order valence-corrected chi connectivity index (χ4v) is 3.23. The number of hydrogen-bond donors (Lipinski definition) is 0. The molecule has 0 fully saturated rings. The molecule has 0 aliphatic heterocycles. The molecule has 0 saturated heterocycles. The minimum atomic E-state index is 1.32. The van der Waals surface area contributed by atoms with Crippen LogP contribution >= 0.6 is 0 Å². The van der Waals surface area contributed by atoms with Crippen LogP contribution in [-0.4, -0.2) is 0 Å². The number of aryl methyl sites for hydroxylation is 2. The van der Waals surface area contributed by atoms with Gasteiger partial charge in [0.15, 0.2) is 0 Å². The van der Waals surface area contributed by atoms with Crippen molar-refractivity contribution < 1.29 is 0 Å². The molecule has 20 heavy (non-hydrogen) atoms. The van der Waals surface area contributed by atoms with Crippen molar-refractivity contribution in [2.75, 3.05) is 0 Å². The van der Waals surface area contributed by atoms with Gasteiger partial charge < -0.3 is 0 Å². The lowest BCUT2D eigenvalue weighted by Gasteiger charge is -2.10. The quantitative estimate of drug-likeness (QED) is 0.277. The van der Waals surface area contributed by atoms with Crippen LogP contribution in [-0.2, 0) is 0 Å². The molecular weight excluding hydrogens is 240 g/mol. The third kappa shape index (κ3) is 1.55. The van der Waals surface area contributed by atoms with Gasteiger partial charge in [-0.25, -0.2) is 0 Å². The van der Waals surface area contributed by atoms with Crippen molar-refractivity contribution in [1.82, 2.24) is 0 Å². The zero-order chi connectivity index (χ0) is 13.7. The Morgan fingerprint density at radius 3 is 2.00 bits per heavy atom. The molecule has 0 nitrogen and oxygen atoms in total. The molecule has 0 heteroatoms. The minimum Gasteiger partial charge on any atom is -0.0614 e. The second-order valence-electron chi connectivity index (χ2n) is 5.61. The lowest BCUT2D eigenvalue weighted by atomic mass is 9.94. The first kappa shape index (κ1) is 11.5. The number of hydrogen-bond acceptors (Lipinski definition) is 0. The predicted molar refractivity (Wildman–Crippen MR) is 88.4 cm³/mol. The van der Waals surface area contributed by atoms with Crippen LogP contribution in [0.4, 0.5) is 0 Å². The first-order valence-electron chi connectivity index (χ1n) is 7.05. The Morgan fingerprint density at radius 1 is 0.550 bits per heavy atom. The van der Waals surface area contributed by atoms with Gasteiger partial charge in [0.25, 0.3) is 0 Å². The van der Waals surface area contributed by atoms with E-state index < -0.39 is 0 Å². The highest BCUT2D eigenvalue weighted by atomic mass is 14.1. The second kappa shape index (κ2) is 4.08. The van der Waals surface area contributed by atoms with E-state index in [-0.39, 0.29) is 0 Å². The van der Waals surface area contributed by atoms with E-state index >= 15 is 0 Å². The summed E-state index contributed by atoms with van der Waals surface area (Å²) >= 11 is 0. The van der Waals surface area contributed by atoms with Crippen LogP contribution < -0.4 is 0 Å². The van der Waals surface area contributed by atoms with E-state index in [1.165, 1.54) is 43.4 Å². The van der Waals surface area contributed by atoms with Gasteiger partial charge in [-0.2, -0.15) is 0 Å². The smallest absolute Gasteiger partial charge is 0.00759 e. The van der Waals surface area contributed by atoms with Gasteiger partial charge in [-0.1, -0.05) is 48.5 Å². The average Bonchev–Trinajstić information content (AvgIpc) is 2.46. The molecule has 0 bridgehead atoms. The standard InChI is InChI=1S/C20H16/c1-13-5-3-8-16-12-19-17(11-18(13)16)10-9-15-7-4-6-14(2)20(15)19/h3-12H,1-2H3. The van der Waals surface area contributed by atoms with E-state index in [1.54, 1.807) is 0 Å². The number of benzene rings is 4. The van der Waals surface area contributed by atoms with Crippen LogP contribution in [0.5, 0.6) is 0 Å². The summed E-state index contributed by atoms with van der Waals surface area (Å²) in [6.07, 6.45) is 0. The van der Waals surface area contributed by atoms with E-state index in [0.29, 0.717) is 0 Å². The highest BCUT2D eigenvalue weighted by molar-refractivity contribution is 6.13. The van der Waals surface area contributed by atoms with Crippen LogP contribution in [0.3, 0.4) is 0 Å². The topological polar surface area (TPSA) is 0 Å². The fraction of sp³-hybridized carbons (Fsp3) is 0.100. The molecular formula is C20H16. The summed E-state index contributed by atoms with van der Waals surface area (Å²) in [4.78, 5) is 0. The molecule has 0 aromatic heterocycles. The van der Waals surface area contributed by atoms with Crippen LogP contribution in [0, 0.1) is 13.8 Å². The Hall–Kier alpha value is -2.34. The summed E-state index contributed by atoms with van der Waals surface area (Å²) in [6.45, 7) is 4.38. The van der Waals surface area contributed by atoms with Crippen molar-refractivity contribution in [1.29, 1.82) is 0 Å². The summed E-state index contributed by atoms with van der Waals surface area (Å²) in [5, 5.41) is 8.08. The molecule has 0 aliphatic carbocycles. The lowest BCUT2D eigenvalue weighted by Crippen LogP contribution is -1.84. The third-order valence-electron chi connectivity index (χ3n) is 4.29. The van der Waals surface area contributed by atoms with Gasteiger partial charge >= 0.3 is 0 Å². The maximum absolute atomic E-state index is 2.34. The van der Waals surface area contributed by atoms with Crippen LogP contribution in [0.15, 0.2) is 60.7 Å². The molecule has 4 aromatic rings. The first-order valence-corrected chi connectivity index (χ1v) is 7.05. The maximum Gasteiger partial charge on any atom is -0.00759 e. The molecule has 4 aromatic carbocycles. The van der Waals surface area contributed by atoms with Crippen molar-refractivity contribution in [3.63, 3.8) is 0 Å². The lowest BCUT2D eigenvalue weighted by molar-refractivity contribution is 1.53. The van der Waals surface area contributed by atoms with E-state index in [1.807, 2.05) is 0 Å². The molecule has 4 rings (SSSR count). The summed E-state index contributed by atoms with van der Waals surface area (Å²) in [7, 11) is 0. The molecule has 0 unspecified atom stereocenters. The Kier molecular flexibility index (Phi) is 2.34. The monoisotopic (exact) mass is 256 g/mol. The van der Waals surface area contributed by atoms with Gasteiger partial charge in [-0.15, -0.1) is 0 Å². The van der Waals surface area contributed by atoms with E-state index in [9.17, 15) is 0 Å². The largest absolute Gasteiger partial charge is 0.0614 e. The van der Waals surface area contributed by atoms with Crippen molar-refractivity contribution in [3.8, 4) is 0 Å². The van der Waals surface area contributed by atoms with E-state index in [2.05, 4.69) is 74.5 Å². The molecule has 0 amide bonds. The molecule has 0 aliphatic rings. The molecule has 0 saturated carbocycles. The average molecular weight is 256 g/mol. The van der Waals surface area contributed by atoms with Crippen molar-refractivity contribution in [2.45, 2.75) is 13.8 Å². The Labute approximate surface area is 118 Å². The number of rotatable bonds is 0. The van der Waals surface area contributed by atoms with Crippen LogP contribution in [0.2, 0.25) is 0 Å². The molecule has 0 heterocycles. The highest BCUT2D eigenvalue weighted by Gasteiger charge is 2.05. The zero-order valence-corrected chi connectivity index (χ0v) is 11.8. The summed E-state index contributed by atoms with van der Waals surface area (Å²) in [5.74, 6) is 0. The van der Waals surface area contributed by atoms with Gasteiger partial charge in [0.05, 0.1) is 0 Å². The summed E-state index contributed by atoms with van der Waals surface area (Å²) in [5.41, 5.74) is 2.69. The third-order valence-corrected chi connectivity index (χ3v) is 4.29. The van der Waals surface area contributed by atoms with Crippen LogP contribution in [0.1, 0.15) is 11.1 Å². The molecule has 0 radical (unpaired) electrons. The van der Waals surface area contributed by atoms with Gasteiger partial charge in [-0.3, -0.25) is 0 Å². The zero-order valence-electron chi connectivity index (χ0n) is 11.8. The molecule has 0 atom stereocenters. The van der Waals surface area contributed by atoms with Crippen molar-refractivity contribution in [3.05, 3.63) is 71.8 Å². The normalized spacial score (nSPS) is 11.5. The van der Waals surface area contributed by atoms with Gasteiger partial charge in [0.2, 0.25) is 0 Å². The minimum absolute atomic E-state index is 1.32. The highest BCUT2D eigenvalue weighted by Crippen LogP contribution is 2.32. The van der Waals surface area contributed by atoms with E-state index in [4.69, 9.17) is 0 Å². The Bertz CT molecular complexity index is 962. The fourth-order valence-electron chi connectivity index (χ4n) is 3.23. The van der Waals surface area contributed by atoms with Gasteiger partial charge in [-0.05, 0) is 69.4 Å².